The third kappa shape index (κ3) is 3.03. The maximum Gasteiger partial charge on any atom is 0.335 e. The van der Waals surface area contributed by atoms with Crippen molar-refractivity contribution in [1.29, 1.82) is 0 Å². The molecule has 2 rings (SSSR count). The summed E-state index contributed by atoms with van der Waals surface area (Å²) in [7, 11) is 1.94. The highest BCUT2D eigenvalue weighted by Crippen LogP contribution is 2.26. The number of hydrogen-bond donors (Lipinski definition) is 3. The Morgan fingerprint density at radius 1 is 1.42 bits per heavy atom. The molecule has 1 atom stereocenters. The number of hydrogen-bond acceptors (Lipinski definition) is 4. The Bertz CT molecular complexity index is 515. The highest BCUT2D eigenvalue weighted by atomic mass is 16.4. The number of anilines is 1. The van der Waals surface area contributed by atoms with E-state index in [9.17, 15) is 14.7 Å². The molecule has 1 heterocycles. The number of phenolic OH excluding ortho intramolecular Hbond substituents is 1. The summed E-state index contributed by atoms with van der Waals surface area (Å²) in [5.74, 6) is -1.55. The van der Waals surface area contributed by atoms with Gasteiger partial charge in [0, 0.05) is 6.54 Å². The van der Waals surface area contributed by atoms with Crippen LogP contribution in [-0.2, 0) is 4.79 Å². The van der Waals surface area contributed by atoms with Gasteiger partial charge in [0.1, 0.15) is 5.75 Å². The van der Waals surface area contributed by atoms with Crippen molar-refractivity contribution in [2.24, 2.45) is 5.92 Å². The van der Waals surface area contributed by atoms with Crippen LogP contribution in [0.3, 0.4) is 0 Å². The number of nitrogens with zero attached hydrogens (tertiary/aromatic N) is 1. The summed E-state index contributed by atoms with van der Waals surface area (Å²) in [6, 6.07) is 3.81. The lowest BCUT2D eigenvalue weighted by Crippen LogP contribution is -2.25. The van der Waals surface area contributed by atoms with E-state index in [1.54, 1.807) is 0 Å². The number of phenols is 1. The van der Waals surface area contributed by atoms with Crippen molar-refractivity contribution < 1.29 is 19.8 Å². The Labute approximate surface area is 110 Å². The second-order valence-electron chi connectivity index (χ2n) is 4.77. The Balaban J connectivity index is 2.12. The molecule has 1 aliphatic rings. The molecule has 1 saturated heterocycles. The average Bonchev–Trinajstić information content (AvgIpc) is 2.78. The van der Waals surface area contributed by atoms with Gasteiger partial charge in [0.2, 0.25) is 5.91 Å². The summed E-state index contributed by atoms with van der Waals surface area (Å²) in [6.07, 6.45) is 0.766. The van der Waals surface area contributed by atoms with Crippen molar-refractivity contribution in [3.05, 3.63) is 23.8 Å². The quantitative estimate of drug-likeness (QED) is 0.708. The first-order chi connectivity index (χ1) is 8.97. The van der Waals surface area contributed by atoms with Gasteiger partial charge in [-0.1, -0.05) is 0 Å². The van der Waals surface area contributed by atoms with Gasteiger partial charge >= 0.3 is 5.97 Å². The SMILES string of the molecule is CN1CCC(C(=O)Nc2cc(C(=O)O)ccc2O)C1. The van der Waals surface area contributed by atoms with Gasteiger partial charge in [0.25, 0.3) is 0 Å². The van der Waals surface area contributed by atoms with E-state index in [-0.39, 0.29) is 28.8 Å². The molecule has 0 aliphatic carbocycles. The first-order valence-corrected chi connectivity index (χ1v) is 6.03. The van der Waals surface area contributed by atoms with Crippen LogP contribution >= 0.6 is 0 Å². The number of carbonyl (C=O) groups excluding carboxylic acids is 1. The number of aromatic carboxylic acids is 1. The van der Waals surface area contributed by atoms with Crippen molar-refractivity contribution in [2.45, 2.75) is 6.42 Å². The second-order valence-corrected chi connectivity index (χ2v) is 4.77. The molecule has 1 aromatic carbocycles. The molecule has 1 aromatic rings. The predicted molar refractivity (Wildman–Crippen MR) is 69.3 cm³/mol. The van der Waals surface area contributed by atoms with E-state index in [1.165, 1.54) is 18.2 Å². The van der Waals surface area contributed by atoms with Gasteiger partial charge in [-0.3, -0.25) is 4.79 Å². The van der Waals surface area contributed by atoms with Gasteiger partial charge < -0.3 is 20.4 Å². The van der Waals surface area contributed by atoms with Crippen LogP contribution in [0.5, 0.6) is 5.75 Å². The van der Waals surface area contributed by atoms with Crippen molar-refractivity contribution in [2.75, 3.05) is 25.5 Å². The molecule has 0 aromatic heterocycles. The summed E-state index contributed by atoms with van der Waals surface area (Å²) < 4.78 is 0. The van der Waals surface area contributed by atoms with Gasteiger partial charge in [-0.05, 0) is 38.2 Å². The highest BCUT2D eigenvalue weighted by Gasteiger charge is 2.26. The Hall–Kier alpha value is -2.08. The summed E-state index contributed by atoms with van der Waals surface area (Å²) in [6.45, 7) is 1.53. The number of carboxylic acids is 1. The number of rotatable bonds is 3. The van der Waals surface area contributed by atoms with Crippen LogP contribution in [-0.4, -0.2) is 47.1 Å². The van der Waals surface area contributed by atoms with Gasteiger partial charge in [0.15, 0.2) is 0 Å². The number of likely N-dealkylation sites (tertiary alicyclic amines) is 1. The fourth-order valence-corrected chi connectivity index (χ4v) is 2.15. The summed E-state index contributed by atoms with van der Waals surface area (Å²) in [5, 5.41) is 21.1. The van der Waals surface area contributed by atoms with E-state index in [0.29, 0.717) is 6.54 Å². The second kappa shape index (κ2) is 5.27. The smallest absolute Gasteiger partial charge is 0.335 e. The topological polar surface area (TPSA) is 89.9 Å². The fourth-order valence-electron chi connectivity index (χ4n) is 2.15. The monoisotopic (exact) mass is 264 g/mol. The van der Waals surface area contributed by atoms with Gasteiger partial charge in [-0.15, -0.1) is 0 Å². The minimum atomic E-state index is -1.10. The van der Waals surface area contributed by atoms with Crippen LogP contribution in [0.1, 0.15) is 16.8 Å². The number of nitrogens with one attached hydrogen (secondary N) is 1. The number of benzene rings is 1. The van der Waals surface area contributed by atoms with Crippen LogP contribution in [0, 0.1) is 5.92 Å². The molecule has 19 heavy (non-hydrogen) atoms. The van der Waals surface area contributed by atoms with E-state index in [0.717, 1.165) is 13.0 Å². The first kappa shape index (κ1) is 13.4. The van der Waals surface area contributed by atoms with Crippen LogP contribution < -0.4 is 5.32 Å². The van der Waals surface area contributed by atoms with E-state index >= 15 is 0 Å². The van der Waals surface area contributed by atoms with Crippen molar-refractivity contribution >= 4 is 17.6 Å². The number of amides is 1. The largest absolute Gasteiger partial charge is 0.506 e. The van der Waals surface area contributed by atoms with E-state index in [1.807, 2.05) is 7.05 Å². The molecule has 102 valence electrons. The fraction of sp³-hybridized carbons (Fsp3) is 0.385. The molecule has 6 nitrogen and oxygen atoms in total. The van der Waals surface area contributed by atoms with Gasteiger partial charge in [-0.25, -0.2) is 4.79 Å². The van der Waals surface area contributed by atoms with Gasteiger partial charge in [0.05, 0.1) is 17.2 Å². The van der Waals surface area contributed by atoms with E-state index in [2.05, 4.69) is 10.2 Å². The molecule has 3 N–H and O–H groups in total. The molecular weight excluding hydrogens is 248 g/mol. The Morgan fingerprint density at radius 3 is 2.74 bits per heavy atom. The van der Waals surface area contributed by atoms with Crippen LogP contribution in [0.4, 0.5) is 5.69 Å². The average molecular weight is 264 g/mol. The molecule has 0 radical (unpaired) electrons. The number of carboxylic acid groups (broad SMARTS) is 1. The lowest BCUT2D eigenvalue weighted by atomic mass is 10.1. The number of aromatic hydroxyl groups is 1. The van der Waals surface area contributed by atoms with Gasteiger partial charge in [-0.2, -0.15) is 0 Å². The molecule has 0 saturated carbocycles. The summed E-state index contributed by atoms with van der Waals surface area (Å²) in [5.41, 5.74) is 0.163. The van der Waals surface area contributed by atoms with E-state index < -0.39 is 5.97 Å². The Morgan fingerprint density at radius 2 is 2.16 bits per heavy atom. The first-order valence-electron chi connectivity index (χ1n) is 6.03. The molecular formula is C13H16N2O4. The zero-order chi connectivity index (χ0) is 14.0. The highest BCUT2D eigenvalue weighted by molar-refractivity contribution is 5.96. The zero-order valence-electron chi connectivity index (χ0n) is 10.6. The molecule has 1 fully saturated rings. The van der Waals surface area contributed by atoms with Crippen molar-refractivity contribution in [1.82, 2.24) is 4.90 Å². The molecule has 1 amide bonds. The lowest BCUT2D eigenvalue weighted by molar-refractivity contribution is -0.119. The lowest BCUT2D eigenvalue weighted by Gasteiger charge is -2.12. The molecule has 1 unspecified atom stereocenters. The minimum absolute atomic E-state index is 0.0247. The Kier molecular flexibility index (Phi) is 3.71. The maximum atomic E-state index is 12.0. The van der Waals surface area contributed by atoms with Crippen LogP contribution in [0.25, 0.3) is 0 Å². The third-order valence-electron chi connectivity index (χ3n) is 3.26. The predicted octanol–water partition coefficient (Wildman–Crippen LogP) is 0.981. The third-order valence-corrected chi connectivity index (χ3v) is 3.26. The van der Waals surface area contributed by atoms with Crippen LogP contribution in [0.2, 0.25) is 0 Å². The van der Waals surface area contributed by atoms with Crippen LogP contribution in [0.15, 0.2) is 18.2 Å². The van der Waals surface area contributed by atoms with Crippen molar-refractivity contribution in [3.63, 3.8) is 0 Å². The minimum Gasteiger partial charge on any atom is -0.506 e. The zero-order valence-corrected chi connectivity index (χ0v) is 10.6. The number of carbonyl (C=O) groups is 2. The maximum absolute atomic E-state index is 12.0. The molecule has 0 bridgehead atoms. The molecule has 1 aliphatic heterocycles. The molecule has 6 heteroatoms. The summed E-state index contributed by atoms with van der Waals surface area (Å²) >= 11 is 0. The normalized spacial score (nSPS) is 19.3. The summed E-state index contributed by atoms with van der Waals surface area (Å²) in [4.78, 5) is 24.9. The van der Waals surface area contributed by atoms with Crippen molar-refractivity contribution in [3.8, 4) is 5.75 Å². The van der Waals surface area contributed by atoms with E-state index in [4.69, 9.17) is 5.11 Å². The standard InChI is InChI=1S/C13H16N2O4/c1-15-5-4-9(7-15)12(17)14-10-6-8(13(18)19)2-3-11(10)16/h2-3,6,9,16H,4-5,7H2,1H3,(H,14,17)(H,18,19). The molecule has 0 spiro atoms.